The molecule has 3 atom stereocenters. The van der Waals surface area contributed by atoms with Gasteiger partial charge in [0.25, 0.3) is 0 Å². The van der Waals surface area contributed by atoms with Gasteiger partial charge in [-0.05, 0) is 38.1 Å². The molecule has 0 radical (unpaired) electrons. The zero-order chi connectivity index (χ0) is 12.8. The molecule has 3 nitrogen and oxygen atoms in total. The molecule has 0 spiro atoms. The average Bonchev–Trinajstić information content (AvgIpc) is 2.35. The maximum atomic E-state index is 11.3. The molecule has 4 heteroatoms. The van der Waals surface area contributed by atoms with E-state index in [1.165, 1.54) is 19.3 Å². The van der Waals surface area contributed by atoms with Gasteiger partial charge in [-0.15, -0.1) is 11.8 Å². The minimum Gasteiger partial charge on any atom is -0.358 e. The van der Waals surface area contributed by atoms with Gasteiger partial charge in [-0.1, -0.05) is 13.8 Å². The normalized spacial score (nSPS) is 29.4. The number of carbonyl (C=O) groups is 1. The molecule has 2 N–H and O–H groups in total. The van der Waals surface area contributed by atoms with Crippen molar-refractivity contribution in [2.24, 2.45) is 11.8 Å². The number of rotatable bonds is 5. The molecular weight excluding hydrogens is 232 g/mol. The number of thioether (sulfide) groups is 1. The standard InChI is InChI=1S/C13H26N2OS/c1-9(2)10-5-6-11(14-3)12(7-10)17-8-13(16)15-4/h9-12,14H,5-8H2,1-4H3,(H,15,16). The quantitative estimate of drug-likeness (QED) is 0.791. The zero-order valence-electron chi connectivity index (χ0n) is 11.5. The highest BCUT2D eigenvalue weighted by Crippen LogP contribution is 2.35. The third-order valence-corrected chi connectivity index (χ3v) is 5.23. The van der Waals surface area contributed by atoms with Gasteiger partial charge in [0.05, 0.1) is 5.75 Å². The van der Waals surface area contributed by atoms with Crippen molar-refractivity contribution in [2.75, 3.05) is 19.8 Å². The molecule has 0 aliphatic heterocycles. The molecule has 0 saturated heterocycles. The smallest absolute Gasteiger partial charge is 0.229 e. The van der Waals surface area contributed by atoms with E-state index < -0.39 is 0 Å². The van der Waals surface area contributed by atoms with Crippen LogP contribution in [0.15, 0.2) is 0 Å². The van der Waals surface area contributed by atoms with Crippen molar-refractivity contribution in [2.45, 2.75) is 44.4 Å². The Morgan fingerprint density at radius 3 is 2.59 bits per heavy atom. The lowest BCUT2D eigenvalue weighted by Gasteiger charge is -2.37. The molecule has 1 aliphatic rings. The van der Waals surface area contributed by atoms with E-state index in [4.69, 9.17) is 0 Å². The Balaban J connectivity index is 2.48. The summed E-state index contributed by atoms with van der Waals surface area (Å²) in [7, 11) is 3.74. The maximum Gasteiger partial charge on any atom is 0.229 e. The number of amides is 1. The second-order valence-corrected chi connectivity index (χ2v) is 6.46. The average molecular weight is 258 g/mol. The third-order valence-electron chi connectivity index (χ3n) is 3.85. The molecule has 1 amide bonds. The minimum absolute atomic E-state index is 0.136. The number of hydrogen-bond donors (Lipinski definition) is 2. The molecule has 17 heavy (non-hydrogen) atoms. The van der Waals surface area contributed by atoms with Gasteiger partial charge in [0, 0.05) is 18.3 Å². The Morgan fingerprint density at radius 1 is 1.35 bits per heavy atom. The van der Waals surface area contributed by atoms with E-state index in [0.717, 1.165) is 11.8 Å². The van der Waals surface area contributed by atoms with Gasteiger partial charge in [0.2, 0.25) is 5.91 Å². The summed E-state index contributed by atoms with van der Waals surface area (Å²) < 4.78 is 0. The van der Waals surface area contributed by atoms with E-state index in [2.05, 4.69) is 24.5 Å². The van der Waals surface area contributed by atoms with E-state index in [-0.39, 0.29) is 5.91 Å². The summed E-state index contributed by atoms with van der Waals surface area (Å²) in [5.74, 6) is 2.30. The van der Waals surface area contributed by atoms with Crippen molar-refractivity contribution >= 4 is 17.7 Å². The first-order valence-electron chi connectivity index (χ1n) is 6.58. The highest BCUT2D eigenvalue weighted by molar-refractivity contribution is 8.00. The fourth-order valence-corrected chi connectivity index (χ4v) is 3.93. The second kappa shape index (κ2) is 7.27. The van der Waals surface area contributed by atoms with E-state index in [0.29, 0.717) is 17.0 Å². The van der Waals surface area contributed by atoms with Crippen LogP contribution in [0, 0.1) is 11.8 Å². The van der Waals surface area contributed by atoms with Crippen molar-refractivity contribution in [1.82, 2.24) is 10.6 Å². The van der Waals surface area contributed by atoms with Crippen LogP contribution in [0.2, 0.25) is 0 Å². The predicted molar refractivity (Wildman–Crippen MR) is 75.3 cm³/mol. The summed E-state index contributed by atoms with van der Waals surface area (Å²) in [5.41, 5.74) is 0. The summed E-state index contributed by atoms with van der Waals surface area (Å²) in [6, 6.07) is 0.569. The summed E-state index contributed by atoms with van der Waals surface area (Å²) >= 11 is 1.81. The van der Waals surface area contributed by atoms with Gasteiger partial charge in [-0.25, -0.2) is 0 Å². The molecule has 0 aromatic heterocycles. The lowest BCUT2D eigenvalue weighted by molar-refractivity contribution is -0.118. The van der Waals surface area contributed by atoms with Crippen LogP contribution < -0.4 is 10.6 Å². The van der Waals surface area contributed by atoms with E-state index in [9.17, 15) is 4.79 Å². The monoisotopic (exact) mass is 258 g/mol. The van der Waals surface area contributed by atoms with Gasteiger partial charge >= 0.3 is 0 Å². The van der Waals surface area contributed by atoms with Crippen LogP contribution in [0.1, 0.15) is 33.1 Å². The predicted octanol–water partition coefficient (Wildman–Crippen LogP) is 1.88. The SMILES string of the molecule is CNC(=O)CSC1CC(C(C)C)CCC1NC. The Kier molecular flexibility index (Phi) is 6.34. The molecule has 1 fully saturated rings. The molecule has 1 aliphatic carbocycles. The summed E-state index contributed by atoms with van der Waals surface area (Å²) in [6.07, 6.45) is 3.80. The van der Waals surface area contributed by atoms with Gasteiger partial charge in [-0.3, -0.25) is 4.79 Å². The first-order valence-corrected chi connectivity index (χ1v) is 7.62. The van der Waals surface area contributed by atoms with Crippen LogP contribution in [0.25, 0.3) is 0 Å². The lowest BCUT2D eigenvalue weighted by Crippen LogP contribution is -2.42. The topological polar surface area (TPSA) is 41.1 Å². The van der Waals surface area contributed by atoms with Crippen LogP contribution in [-0.2, 0) is 4.79 Å². The molecule has 0 heterocycles. The number of hydrogen-bond acceptors (Lipinski definition) is 3. The van der Waals surface area contributed by atoms with Crippen molar-refractivity contribution in [3.8, 4) is 0 Å². The van der Waals surface area contributed by atoms with Crippen LogP contribution in [-0.4, -0.2) is 37.0 Å². The summed E-state index contributed by atoms with van der Waals surface area (Å²) in [4.78, 5) is 11.3. The molecule has 0 bridgehead atoms. The van der Waals surface area contributed by atoms with Crippen molar-refractivity contribution < 1.29 is 4.79 Å². The Hall–Kier alpha value is -0.220. The lowest BCUT2D eigenvalue weighted by atomic mass is 9.79. The van der Waals surface area contributed by atoms with E-state index >= 15 is 0 Å². The van der Waals surface area contributed by atoms with Crippen molar-refractivity contribution in [1.29, 1.82) is 0 Å². The van der Waals surface area contributed by atoms with Gasteiger partial charge in [0.15, 0.2) is 0 Å². The highest BCUT2D eigenvalue weighted by Gasteiger charge is 2.31. The minimum atomic E-state index is 0.136. The van der Waals surface area contributed by atoms with Crippen LogP contribution in [0.3, 0.4) is 0 Å². The largest absolute Gasteiger partial charge is 0.358 e. The second-order valence-electron chi connectivity index (χ2n) is 5.23. The fraction of sp³-hybridized carbons (Fsp3) is 0.923. The molecule has 0 aromatic rings. The summed E-state index contributed by atoms with van der Waals surface area (Å²) in [6.45, 7) is 4.62. The fourth-order valence-electron chi connectivity index (χ4n) is 2.53. The Bertz CT molecular complexity index is 246. The van der Waals surface area contributed by atoms with E-state index in [1.54, 1.807) is 7.05 Å². The first kappa shape index (κ1) is 14.8. The van der Waals surface area contributed by atoms with Crippen LogP contribution in [0.4, 0.5) is 0 Å². The maximum absolute atomic E-state index is 11.3. The summed E-state index contributed by atoms with van der Waals surface area (Å²) in [5, 5.41) is 6.68. The Morgan fingerprint density at radius 2 is 2.06 bits per heavy atom. The van der Waals surface area contributed by atoms with Gasteiger partial charge in [-0.2, -0.15) is 0 Å². The first-order chi connectivity index (χ1) is 8.08. The molecule has 1 saturated carbocycles. The van der Waals surface area contributed by atoms with Crippen molar-refractivity contribution in [3.63, 3.8) is 0 Å². The van der Waals surface area contributed by atoms with E-state index in [1.807, 2.05) is 18.8 Å². The Labute approximate surface area is 109 Å². The van der Waals surface area contributed by atoms with Gasteiger partial charge in [0.1, 0.15) is 0 Å². The molecular formula is C13H26N2OS. The van der Waals surface area contributed by atoms with Crippen molar-refractivity contribution in [3.05, 3.63) is 0 Å². The highest BCUT2D eigenvalue weighted by atomic mass is 32.2. The van der Waals surface area contributed by atoms with Crippen LogP contribution in [0.5, 0.6) is 0 Å². The third kappa shape index (κ3) is 4.51. The zero-order valence-corrected chi connectivity index (χ0v) is 12.3. The molecule has 0 aromatic carbocycles. The number of nitrogens with one attached hydrogen (secondary N) is 2. The van der Waals surface area contributed by atoms with Crippen LogP contribution >= 0.6 is 11.8 Å². The number of carbonyl (C=O) groups excluding carboxylic acids is 1. The molecule has 3 unspecified atom stereocenters. The molecule has 1 rings (SSSR count). The molecule has 100 valence electrons. The van der Waals surface area contributed by atoms with Gasteiger partial charge < -0.3 is 10.6 Å².